The monoisotopic (exact) mass is 216 g/mol. The molecular formula is C17H12. The lowest BCUT2D eigenvalue weighted by atomic mass is 9.99. The Balaban J connectivity index is 2.39. The fourth-order valence-corrected chi connectivity index (χ4v) is 2.13. The number of hydrogen-bond donors (Lipinski definition) is 0. The second-order valence-electron chi connectivity index (χ2n) is 4.17. The van der Waals surface area contributed by atoms with Crippen molar-refractivity contribution in [2.45, 2.75) is 19.3 Å². The van der Waals surface area contributed by atoms with Crippen molar-refractivity contribution in [3.8, 4) is 23.7 Å². The molecule has 1 aliphatic carbocycles. The van der Waals surface area contributed by atoms with Gasteiger partial charge < -0.3 is 0 Å². The molecular weight excluding hydrogens is 204 g/mol. The van der Waals surface area contributed by atoms with Crippen molar-refractivity contribution in [3.63, 3.8) is 0 Å². The number of hydrogen-bond acceptors (Lipinski definition) is 0. The molecule has 0 heteroatoms. The van der Waals surface area contributed by atoms with Gasteiger partial charge in [0.05, 0.1) is 0 Å². The summed E-state index contributed by atoms with van der Waals surface area (Å²) in [5.74, 6) is 13.0. The molecule has 1 aliphatic rings. The summed E-state index contributed by atoms with van der Waals surface area (Å²) in [6.07, 6.45) is 2.94. The van der Waals surface area contributed by atoms with Crippen LogP contribution in [0.25, 0.3) is 10.8 Å². The van der Waals surface area contributed by atoms with Crippen molar-refractivity contribution in [3.05, 3.63) is 47.5 Å². The lowest BCUT2D eigenvalue weighted by molar-refractivity contribution is 0.903. The van der Waals surface area contributed by atoms with Crippen LogP contribution in [-0.4, -0.2) is 0 Å². The van der Waals surface area contributed by atoms with Crippen LogP contribution in [0.2, 0.25) is 0 Å². The van der Waals surface area contributed by atoms with E-state index in [0.717, 1.165) is 30.4 Å². The summed E-state index contributed by atoms with van der Waals surface area (Å²) >= 11 is 0. The molecule has 80 valence electrons. The van der Waals surface area contributed by atoms with Gasteiger partial charge in [-0.05, 0) is 23.9 Å². The highest BCUT2D eigenvalue weighted by atomic mass is 14.0. The Labute approximate surface area is 102 Å². The minimum atomic E-state index is 0.938. The third kappa shape index (κ3) is 1.91. The van der Waals surface area contributed by atoms with E-state index in [1.807, 2.05) is 0 Å². The average molecular weight is 216 g/mol. The Morgan fingerprint density at radius 2 is 1.35 bits per heavy atom. The largest absolute Gasteiger partial charge is 0.0978 e. The molecule has 0 unspecified atom stereocenters. The Kier molecular flexibility index (Phi) is 2.57. The number of benzene rings is 2. The standard InChI is InChI=1S/C17H12/c1-2-4-8-14-10-6-12-16-13-7-11-15(17(14)16)9-5-3-1/h6-7,10-13H,1-3H2. The van der Waals surface area contributed by atoms with E-state index in [1.54, 1.807) is 0 Å². The van der Waals surface area contributed by atoms with Gasteiger partial charge in [-0.2, -0.15) is 0 Å². The third-order valence-electron chi connectivity index (χ3n) is 2.95. The van der Waals surface area contributed by atoms with Crippen LogP contribution in [0.1, 0.15) is 30.4 Å². The van der Waals surface area contributed by atoms with Crippen LogP contribution >= 0.6 is 0 Å². The van der Waals surface area contributed by atoms with Crippen molar-refractivity contribution in [1.29, 1.82) is 0 Å². The molecule has 0 bridgehead atoms. The molecule has 0 saturated heterocycles. The van der Waals surface area contributed by atoms with E-state index in [-0.39, 0.29) is 0 Å². The first-order valence-electron chi connectivity index (χ1n) is 5.95. The maximum absolute atomic E-state index is 3.28. The van der Waals surface area contributed by atoms with E-state index >= 15 is 0 Å². The van der Waals surface area contributed by atoms with Gasteiger partial charge in [0.1, 0.15) is 0 Å². The summed E-state index contributed by atoms with van der Waals surface area (Å²) in [6, 6.07) is 12.5. The van der Waals surface area contributed by atoms with Gasteiger partial charge >= 0.3 is 0 Å². The van der Waals surface area contributed by atoms with Gasteiger partial charge in [0.2, 0.25) is 0 Å². The van der Waals surface area contributed by atoms with Gasteiger partial charge in [0.25, 0.3) is 0 Å². The van der Waals surface area contributed by atoms with Gasteiger partial charge in [-0.15, -0.1) is 0 Å². The molecule has 0 aliphatic heterocycles. The molecule has 0 fully saturated rings. The first-order chi connectivity index (χ1) is 8.45. The van der Waals surface area contributed by atoms with Gasteiger partial charge in [-0.3, -0.25) is 0 Å². The minimum absolute atomic E-state index is 0.938. The quantitative estimate of drug-likeness (QED) is 0.589. The fourth-order valence-electron chi connectivity index (χ4n) is 2.13. The Morgan fingerprint density at radius 1 is 0.765 bits per heavy atom. The van der Waals surface area contributed by atoms with E-state index in [0.29, 0.717) is 0 Å². The molecule has 0 N–H and O–H groups in total. The molecule has 0 nitrogen and oxygen atoms in total. The van der Waals surface area contributed by atoms with Crippen molar-refractivity contribution in [1.82, 2.24) is 0 Å². The predicted molar refractivity (Wildman–Crippen MR) is 71.6 cm³/mol. The molecule has 2 aromatic rings. The van der Waals surface area contributed by atoms with Crippen LogP contribution in [0.5, 0.6) is 0 Å². The fraction of sp³-hybridized carbons (Fsp3) is 0.176. The molecule has 0 spiro atoms. The molecule has 0 aromatic heterocycles. The van der Waals surface area contributed by atoms with Crippen LogP contribution < -0.4 is 0 Å². The van der Waals surface area contributed by atoms with Crippen molar-refractivity contribution < 1.29 is 0 Å². The zero-order valence-corrected chi connectivity index (χ0v) is 9.59. The highest BCUT2D eigenvalue weighted by Gasteiger charge is 2.03. The maximum atomic E-state index is 3.28. The van der Waals surface area contributed by atoms with Gasteiger partial charge in [-0.1, -0.05) is 47.9 Å². The van der Waals surface area contributed by atoms with Crippen LogP contribution in [-0.2, 0) is 0 Å². The molecule has 0 heterocycles. The summed E-state index contributed by atoms with van der Waals surface area (Å²) in [5, 5.41) is 2.43. The van der Waals surface area contributed by atoms with Gasteiger partial charge in [-0.25, -0.2) is 0 Å². The summed E-state index contributed by atoms with van der Waals surface area (Å²) in [7, 11) is 0. The zero-order chi connectivity index (χ0) is 11.5. The van der Waals surface area contributed by atoms with Crippen molar-refractivity contribution in [2.75, 3.05) is 0 Å². The Bertz CT molecular complexity index is 628. The number of rotatable bonds is 0. The minimum Gasteiger partial charge on any atom is -0.0978 e. The first kappa shape index (κ1) is 10.0. The second-order valence-corrected chi connectivity index (χ2v) is 4.17. The van der Waals surface area contributed by atoms with Crippen LogP contribution in [0.4, 0.5) is 0 Å². The molecule has 3 rings (SSSR count). The van der Waals surface area contributed by atoms with Gasteiger partial charge in [0, 0.05) is 29.4 Å². The predicted octanol–water partition coefficient (Wildman–Crippen LogP) is 3.73. The molecule has 2 aromatic carbocycles. The summed E-state index contributed by atoms with van der Waals surface area (Å²) in [6.45, 7) is 0. The normalized spacial score (nSPS) is 13.2. The highest BCUT2D eigenvalue weighted by Crippen LogP contribution is 2.22. The molecule has 0 amide bonds. The topological polar surface area (TPSA) is 0 Å². The molecule has 0 saturated carbocycles. The van der Waals surface area contributed by atoms with E-state index in [1.165, 1.54) is 10.8 Å². The zero-order valence-electron chi connectivity index (χ0n) is 9.59. The molecule has 0 atom stereocenters. The van der Waals surface area contributed by atoms with Crippen molar-refractivity contribution in [2.24, 2.45) is 0 Å². The second kappa shape index (κ2) is 4.36. The molecule has 0 radical (unpaired) electrons. The third-order valence-corrected chi connectivity index (χ3v) is 2.95. The SMILES string of the molecule is C1#Cc2cccc3cccc(c23)C#CCCC1. The lowest BCUT2D eigenvalue weighted by Crippen LogP contribution is -1.86. The molecule has 17 heavy (non-hydrogen) atoms. The summed E-state index contributed by atoms with van der Waals surface area (Å²) in [5.41, 5.74) is 2.21. The van der Waals surface area contributed by atoms with Crippen LogP contribution in [0, 0.1) is 23.7 Å². The van der Waals surface area contributed by atoms with Gasteiger partial charge in [0.15, 0.2) is 0 Å². The van der Waals surface area contributed by atoms with Crippen LogP contribution in [0.15, 0.2) is 36.4 Å². The Morgan fingerprint density at radius 3 is 1.94 bits per heavy atom. The maximum Gasteiger partial charge on any atom is 0.0336 e. The smallest absolute Gasteiger partial charge is 0.0336 e. The van der Waals surface area contributed by atoms with Crippen LogP contribution in [0.3, 0.4) is 0 Å². The summed E-state index contributed by atoms with van der Waals surface area (Å²) in [4.78, 5) is 0. The first-order valence-corrected chi connectivity index (χ1v) is 5.95. The van der Waals surface area contributed by atoms with E-state index in [4.69, 9.17) is 0 Å². The lowest BCUT2D eigenvalue weighted by Gasteiger charge is -2.04. The Hall–Kier alpha value is -2.18. The van der Waals surface area contributed by atoms with E-state index < -0.39 is 0 Å². The summed E-state index contributed by atoms with van der Waals surface area (Å²) < 4.78 is 0. The van der Waals surface area contributed by atoms with Crippen molar-refractivity contribution >= 4 is 10.8 Å². The van der Waals surface area contributed by atoms with E-state index in [2.05, 4.69) is 60.1 Å². The highest BCUT2D eigenvalue weighted by molar-refractivity contribution is 5.93. The van der Waals surface area contributed by atoms with E-state index in [9.17, 15) is 0 Å². The average Bonchev–Trinajstić information content (AvgIpc) is 2.38.